The highest BCUT2D eigenvalue weighted by atomic mass is 16.6. The fraction of sp³-hybridized carbons (Fsp3) is 0.733. The van der Waals surface area contributed by atoms with E-state index >= 15 is 0 Å². The molecule has 1 unspecified atom stereocenters. The zero-order valence-electron chi connectivity index (χ0n) is 12.3. The fourth-order valence-corrected chi connectivity index (χ4v) is 2.14. The van der Waals surface area contributed by atoms with Crippen LogP contribution >= 0.6 is 0 Å². The molecule has 1 heterocycles. The molecule has 1 saturated heterocycles. The van der Waals surface area contributed by atoms with Crippen molar-refractivity contribution in [3.05, 3.63) is 12.7 Å². The Balaban J connectivity index is 2.38. The van der Waals surface area contributed by atoms with Gasteiger partial charge in [0.15, 0.2) is 0 Å². The van der Waals surface area contributed by atoms with Gasteiger partial charge in [-0.25, -0.2) is 4.79 Å². The van der Waals surface area contributed by atoms with Crippen molar-refractivity contribution in [3.63, 3.8) is 0 Å². The Kier molecular flexibility index (Phi) is 5.58. The monoisotopic (exact) mass is 267 g/mol. The lowest BCUT2D eigenvalue weighted by Crippen LogP contribution is -2.35. The van der Waals surface area contributed by atoms with Crippen molar-refractivity contribution >= 4 is 11.9 Å². The average molecular weight is 267 g/mol. The maximum atomic E-state index is 12.0. The van der Waals surface area contributed by atoms with Gasteiger partial charge in [0, 0.05) is 25.4 Å². The SMILES string of the molecule is C=CCCCC(=O)C1CCN(C(=O)OC(C)(C)C)C1. The number of carbonyl (C=O) groups excluding carboxylic acids is 2. The Hall–Kier alpha value is -1.32. The molecule has 0 N–H and O–H groups in total. The van der Waals surface area contributed by atoms with E-state index in [9.17, 15) is 9.59 Å². The van der Waals surface area contributed by atoms with E-state index in [2.05, 4.69) is 6.58 Å². The number of unbranched alkanes of at least 4 members (excludes halogenated alkanes) is 1. The molecule has 0 aromatic carbocycles. The van der Waals surface area contributed by atoms with Crippen LogP contribution in [0.1, 0.15) is 46.5 Å². The minimum atomic E-state index is -0.483. The standard InChI is InChI=1S/C15H25NO3/c1-5-6-7-8-13(17)12-9-10-16(11-12)14(18)19-15(2,3)4/h5,12H,1,6-11H2,2-4H3. The van der Waals surface area contributed by atoms with Crippen molar-refractivity contribution in [2.45, 2.75) is 52.1 Å². The summed E-state index contributed by atoms with van der Waals surface area (Å²) in [6.45, 7) is 10.3. The summed E-state index contributed by atoms with van der Waals surface area (Å²) in [6.07, 6.45) is 4.58. The lowest BCUT2D eigenvalue weighted by atomic mass is 9.99. The van der Waals surface area contributed by atoms with Crippen LogP contribution < -0.4 is 0 Å². The van der Waals surface area contributed by atoms with Crippen LogP contribution in [-0.4, -0.2) is 35.5 Å². The van der Waals surface area contributed by atoms with Gasteiger partial charge in [0.1, 0.15) is 11.4 Å². The fourth-order valence-electron chi connectivity index (χ4n) is 2.14. The molecule has 0 aliphatic carbocycles. The van der Waals surface area contributed by atoms with Crippen LogP contribution in [0, 0.1) is 5.92 Å². The molecule has 1 aliphatic rings. The van der Waals surface area contributed by atoms with E-state index in [1.807, 2.05) is 26.8 Å². The third kappa shape index (κ3) is 5.45. The molecule has 1 atom stereocenters. The predicted molar refractivity (Wildman–Crippen MR) is 75.0 cm³/mol. The number of rotatable bonds is 5. The number of Topliss-reactive ketones (excluding diaryl/α,β-unsaturated/α-hetero) is 1. The number of hydrogen-bond acceptors (Lipinski definition) is 3. The number of hydrogen-bond donors (Lipinski definition) is 0. The van der Waals surface area contributed by atoms with Crippen molar-refractivity contribution in [1.82, 2.24) is 4.90 Å². The Morgan fingerprint density at radius 3 is 2.68 bits per heavy atom. The second-order valence-electron chi connectivity index (χ2n) is 6.06. The quantitative estimate of drug-likeness (QED) is 0.568. The van der Waals surface area contributed by atoms with Gasteiger partial charge in [-0.3, -0.25) is 4.79 Å². The maximum Gasteiger partial charge on any atom is 0.410 e. The molecule has 1 fully saturated rings. The van der Waals surface area contributed by atoms with Crippen LogP contribution in [0.2, 0.25) is 0 Å². The maximum absolute atomic E-state index is 12.0. The Morgan fingerprint density at radius 1 is 1.42 bits per heavy atom. The molecular formula is C15H25NO3. The number of nitrogens with zero attached hydrogens (tertiary/aromatic N) is 1. The van der Waals surface area contributed by atoms with Gasteiger partial charge in [0.2, 0.25) is 0 Å². The third-order valence-corrected chi connectivity index (χ3v) is 3.13. The summed E-state index contributed by atoms with van der Waals surface area (Å²) in [4.78, 5) is 25.5. The van der Waals surface area contributed by atoms with Gasteiger partial charge in [-0.05, 0) is 40.0 Å². The third-order valence-electron chi connectivity index (χ3n) is 3.13. The number of allylic oxidation sites excluding steroid dienone is 1. The zero-order valence-corrected chi connectivity index (χ0v) is 12.3. The topological polar surface area (TPSA) is 46.6 Å². The van der Waals surface area contributed by atoms with Crippen molar-refractivity contribution in [2.75, 3.05) is 13.1 Å². The largest absolute Gasteiger partial charge is 0.444 e. The van der Waals surface area contributed by atoms with E-state index < -0.39 is 5.60 Å². The first-order valence-corrected chi connectivity index (χ1v) is 6.95. The van der Waals surface area contributed by atoms with E-state index in [4.69, 9.17) is 4.74 Å². The van der Waals surface area contributed by atoms with Crippen molar-refractivity contribution in [1.29, 1.82) is 0 Å². The summed E-state index contributed by atoms with van der Waals surface area (Å²) in [7, 11) is 0. The normalized spacial score (nSPS) is 19.3. The Morgan fingerprint density at radius 2 is 2.11 bits per heavy atom. The highest BCUT2D eigenvalue weighted by molar-refractivity contribution is 5.82. The summed E-state index contributed by atoms with van der Waals surface area (Å²) >= 11 is 0. The molecule has 0 saturated carbocycles. The van der Waals surface area contributed by atoms with Crippen molar-refractivity contribution in [2.24, 2.45) is 5.92 Å². The molecule has 0 aromatic heterocycles. The number of ketones is 1. The van der Waals surface area contributed by atoms with E-state index in [0.29, 0.717) is 19.5 Å². The van der Waals surface area contributed by atoms with Gasteiger partial charge in [0.25, 0.3) is 0 Å². The molecule has 0 bridgehead atoms. The number of likely N-dealkylation sites (tertiary alicyclic amines) is 1. The number of ether oxygens (including phenoxy) is 1. The molecule has 4 heteroatoms. The molecular weight excluding hydrogens is 242 g/mol. The summed E-state index contributed by atoms with van der Waals surface area (Å²) in [6, 6.07) is 0. The predicted octanol–water partition coefficient (Wildman–Crippen LogP) is 3.17. The van der Waals surface area contributed by atoms with Crippen LogP contribution in [0.3, 0.4) is 0 Å². The summed E-state index contributed by atoms with van der Waals surface area (Å²) in [5, 5.41) is 0. The number of amides is 1. The van der Waals surface area contributed by atoms with Crippen LogP contribution in [0.5, 0.6) is 0 Å². The van der Waals surface area contributed by atoms with Crippen molar-refractivity contribution in [3.8, 4) is 0 Å². The van der Waals surface area contributed by atoms with Gasteiger partial charge in [0.05, 0.1) is 0 Å². The first-order valence-electron chi connectivity index (χ1n) is 6.95. The van der Waals surface area contributed by atoms with Crippen LogP contribution in [0.15, 0.2) is 12.7 Å². The lowest BCUT2D eigenvalue weighted by molar-refractivity contribution is -0.122. The molecule has 1 rings (SSSR count). The molecule has 1 amide bonds. The van der Waals surface area contributed by atoms with E-state index in [1.165, 1.54) is 0 Å². The van der Waals surface area contributed by atoms with Crippen LogP contribution in [0.25, 0.3) is 0 Å². The van der Waals surface area contributed by atoms with Crippen molar-refractivity contribution < 1.29 is 14.3 Å². The van der Waals surface area contributed by atoms with Gasteiger partial charge in [-0.2, -0.15) is 0 Å². The molecule has 19 heavy (non-hydrogen) atoms. The molecule has 1 aliphatic heterocycles. The van der Waals surface area contributed by atoms with Crippen LogP contribution in [-0.2, 0) is 9.53 Å². The second-order valence-corrected chi connectivity index (χ2v) is 6.06. The van der Waals surface area contributed by atoms with E-state index in [1.54, 1.807) is 4.90 Å². The minimum absolute atomic E-state index is 0.0164. The van der Waals surface area contributed by atoms with Gasteiger partial charge in [-0.15, -0.1) is 6.58 Å². The smallest absolute Gasteiger partial charge is 0.410 e. The average Bonchev–Trinajstić information content (AvgIpc) is 2.76. The van der Waals surface area contributed by atoms with Crippen LogP contribution in [0.4, 0.5) is 4.79 Å². The van der Waals surface area contributed by atoms with Gasteiger partial charge < -0.3 is 9.64 Å². The van der Waals surface area contributed by atoms with Gasteiger partial charge >= 0.3 is 6.09 Å². The van der Waals surface area contributed by atoms with Gasteiger partial charge in [-0.1, -0.05) is 6.08 Å². The Bertz CT molecular complexity index is 344. The summed E-state index contributed by atoms with van der Waals surface area (Å²) in [5.41, 5.74) is -0.483. The number of carbonyl (C=O) groups is 2. The first-order chi connectivity index (χ1) is 8.83. The Labute approximate surface area is 115 Å². The van der Waals surface area contributed by atoms with E-state index in [0.717, 1.165) is 19.3 Å². The zero-order chi connectivity index (χ0) is 14.5. The summed E-state index contributed by atoms with van der Waals surface area (Å²) in [5.74, 6) is 0.241. The summed E-state index contributed by atoms with van der Waals surface area (Å²) < 4.78 is 5.31. The van der Waals surface area contributed by atoms with E-state index in [-0.39, 0.29) is 17.8 Å². The molecule has 0 radical (unpaired) electrons. The highest BCUT2D eigenvalue weighted by Crippen LogP contribution is 2.21. The second kappa shape index (κ2) is 6.73. The molecule has 0 spiro atoms. The lowest BCUT2D eigenvalue weighted by Gasteiger charge is -2.24. The minimum Gasteiger partial charge on any atom is -0.444 e. The molecule has 4 nitrogen and oxygen atoms in total. The molecule has 0 aromatic rings. The first kappa shape index (κ1) is 15.7. The molecule has 108 valence electrons. The highest BCUT2D eigenvalue weighted by Gasteiger charge is 2.32.